The van der Waals surface area contributed by atoms with Crippen LogP contribution in [0.15, 0.2) is 42.5 Å². The first-order chi connectivity index (χ1) is 10.3. The third-order valence-electron chi connectivity index (χ3n) is 2.62. The van der Waals surface area contributed by atoms with E-state index in [0.29, 0.717) is 0 Å². The van der Waals surface area contributed by atoms with Crippen molar-refractivity contribution in [1.82, 2.24) is 0 Å². The molecule has 0 aliphatic rings. The number of rotatable bonds is 2. The van der Waals surface area contributed by atoms with Crippen LogP contribution in [0.2, 0.25) is 0 Å². The smallest absolute Gasteiger partial charge is 0.332 e. The van der Waals surface area contributed by atoms with Gasteiger partial charge in [-0.3, -0.25) is 0 Å². The van der Waals surface area contributed by atoms with E-state index in [1.807, 2.05) is 0 Å². The molecular formula is C14H9F5N2S. The minimum absolute atomic E-state index is 0.0733. The van der Waals surface area contributed by atoms with E-state index in [2.05, 4.69) is 10.6 Å². The number of nitrogens with one attached hydrogen (secondary N) is 2. The molecule has 0 fully saturated rings. The molecule has 0 aliphatic heterocycles. The molecule has 0 saturated carbocycles. The second-order valence-electron chi connectivity index (χ2n) is 4.28. The van der Waals surface area contributed by atoms with Crippen molar-refractivity contribution in [2.45, 2.75) is 6.18 Å². The zero-order valence-electron chi connectivity index (χ0n) is 10.8. The van der Waals surface area contributed by atoms with E-state index in [1.54, 1.807) is 0 Å². The lowest BCUT2D eigenvalue weighted by Crippen LogP contribution is -2.20. The molecule has 22 heavy (non-hydrogen) atoms. The lowest BCUT2D eigenvalue weighted by molar-refractivity contribution is -0.137. The molecular weight excluding hydrogens is 323 g/mol. The van der Waals surface area contributed by atoms with Crippen molar-refractivity contribution in [3.05, 3.63) is 59.7 Å². The molecule has 0 heterocycles. The Bertz CT molecular complexity index is 700. The van der Waals surface area contributed by atoms with E-state index in [4.69, 9.17) is 12.2 Å². The Morgan fingerprint density at radius 1 is 0.955 bits per heavy atom. The lowest BCUT2D eigenvalue weighted by atomic mass is 10.2. The molecule has 2 aromatic carbocycles. The average Bonchev–Trinajstić information content (AvgIpc) is 2.42. The normalized spacial score (nSPS) is 11.1. The van der Waals surface area contributed by atoms with Crippen molar-refractivity contribution in [2.24, 2.45) is 0 Å². The summed E-state index contributed by atoms with van der Waals surface area (Å²) in [7, 11) is 0. The minimum Gasteiger partial charge on any atom is -0.332 e. The molecule has 0 spiro atoms. The molecule has 8 heteroatoms. The monoisotopic (exact) mass is 332 g/mol. The van der Waals surface area contributed by atoms with E-state index in [-0.39, 0.29) is 16.5 Å². The summed E-state index contributed by atoms with van der Waals surface area (Å²) in [6.45, 7) is 0. The number of alkyl halides is 3. The van der Waals surface area contributed by atoms with Crippen LogP contribution in [-0.4, -0.2) is 5.11 Å². The van der Waals surface area contributed by atoms with Crippen LogP contribution in [0.5, 0.6) is 0 Å². The van der Waals surface area contributed by atoms with E-state index in [1.165, 1.54) is 12.1 Å². The van der Waals surface area contributed by atoms with Crippen LogP contribution in [0.1, 0.15) is 5.56 Å². The second-order valence-corrected chi connectivity index (χ2v) is 4.69. The minimum atomic E-state index is -4.48. The van der Waals surface area contributed by atoms with Gasteiger partial charge in [0.2, 0.25) is 0 Å². The van der Waals surface area contributed by atoms with Crippen LogP contribution >= 0.6 is 12.2 Å². The van der Waals surface area contributed by atoms with Gasteiger partial charge in [0.25, 0.3) is 0 Å². The lowest BCUT2D eigenvalue weighted by Gasteiger charge is -2.13. The van der Waals surface area contributed by atoms with Crippen LogP contribution in [0.4, 0.5) is 33.3 Å². The Kier molecular flexibility index (Phi) is 4.60. The first-order valence-electron chi connectivity index (χ1n) is 5.96. The first kappa shape index (κ1) is 16.2. The van der Waals surface area contributed by atoms with Gasteiger partial charge in [0.1, 0.15) is 11.6 Å². The number of thiocarbonyl (C=S) groups is 1. The van der Waals surface area contributed by atoms with Gasteiger partial charge >= 0.3 is 6.18 Å². The Balaban J connectivity index is 2.11. The van der Waals surface area contributed by atoms with Crippen molar-refractivity contribution < 1.29 is 22.0 Å². The van der Waals surface area contributed by atoms with Crippen molar-refractivity contribution in [3.63, 3.8) is 0 Å². The molecule has 0 atom stereocenters. The van der Waals surface area contributed by atoms with Gasteiger partial charge in [-0.1, -0.05) is 6.07 Å². The summed E-state index contributed by atoms with van der Waals surface area (Å²) in [5, 5.41) is 4.70. The summed E-state index contributed by atoms with van der Waals surface area (Å²) in [4.78, 5) is 0. The summed E-state index contributed by atoms with van der Waals surface area (Å²) in [6, 6.07) is 7.06. The van der Waals surface area contributed by atoms with E-state index >= 15 is 0 Å². The van der Waals surface area contributed by atoms with Crippen molar-refractivity contribution >= 4 is 28.7 Å². The number of halogens is 5. The van der Waals surface area contributed by atoms with Crippen LogP contribution in [-0.2, 0) is 6.18 Å². The van der Waals surface area contributed by atoms with Gasteiger partial charge in [-0.2, -0.15) is 13.2 Å². The standard InChI is InChI=1S/C14H9F5N2S/c15-9-4-5-11(16)12(7-9)21-13(22)20-10-3-1-2-8(6-10)14(17,18)19/h1-7H,(H2,20,21,22). The van der Waals surface area contributed by atoms with E-state index in [0.717, 1.165) is 30.3 Å². The summed E-state index contributed by atoms with van der Waals surface area (Å²) < 4.78 is 64.2. The highest BCUT2D eigenvalue weighted by Crippen LogP contribution is 2.30. The molecule has 0 amide bonds. The van der Waals surface area contributed by atoms with Crippen molar-refractivity contribution in [2.75, 3.05) is 10.6 Å². The maximum atomic E-state index is 13.4. The Labute approximate surface area is 128 Å². The number of anilines is 2. The Morgan fingerprint density at radius 3 is 2.36 bits per heavy atom. The second kappa shape index (κ2) is 6.27. The third kappa shape index (κ3) is 4.14. The molecule has 0 bridgehead atoms. The maximum Gasteiger partial charge on any atom is 0.416 e. The predicted molar refractivity (Wildman–Crippen MR) is 77.6 cm³/mol. The van der Waals surface area contributed by atoms with Gasteiger partial charge in [0.15, 0.2) is 5.11 Å². The van der Waals surface area contributed by atoms with Gasteiger partial charge in [0.05, 0.1) is 11.3 Å². The van der Waals surface area contributed by atoms with Gasteiger partial charge in [-0.05, 0) is 42.5 Å². The van der Waals surface area contributed by atoms with Crippen LogP contribution in [0.3, 0.4) is 0 Å². The fourth-order valence-corrected chi connectivity index (χ4v) is 1.88. The molecule has 0 radical (unpaired) electrons. The summed E-state index contributed by atoms with van der Waals surface area (Å²) in [5.41, 5.74) is -0.995. The Hall–Kier alpha value is -2.22. The SMILES string of the molecule is Fc1ccc(F)c(NC(=S)Nc2cccc(C(F)(F)F)c2)c1. The van der Waals surface area contributed by atoms with Crippen LogP contribution < -0.4 is 10.6 Å². The molecule has 2 aromatic rings. The summed E-state index contributed by atoms with van der Waals surface area (Å²) in [5.74, 6) is -1.42. The quantitative estimate of drug-likeness (QED) is 0.611. The van der Waals surface area contributed by atoms with Crippen molar-refractivity contribution in [3.8, 4) is 0 Å². The molecule has 0 unspecified atom stereocenters. The Morgan fingerprint density at radius 2 is 1.68 bits per heavy atom. The molecule has 2 rings (SSSR count). The molecule has 116 valence electrons. The highest BCUT2D eigenvalue weighted by atomic mass is 32.1. The van der Waals surface area contributed by atoms with E-state index < -0.39 is 23.4 Å². The molecule has 0 aromatic heterocycles. The van der Waals surface area contributed by atoms with Crippen LogP contribution in [0.25, 0.3) is 0 Å². The molecule has 2 nitrogen and oxygen atoms in total. The largest absolute Gasteiger partial charge is 0.416 e. The number of benzene rings is 2. The molecule has 2 N–H and O–H groups in total. The van der Waals surface area contributed by atoms with Gasteiger partial charge < -0.3 is 10.6 Å². The fraction of sp³-hybridized carbons (Fsp3) is 0.0714. The van der Waals surface area contributed by atoms with Crippen LogP contribution in [0, 0.1) is 11.6 Å². The third-order valence-corrected chi connectivity index (χ3v) is 2.83. The fourth-order valence-electron chi connectivity index (χ4n) is 1.65. The molecule has 0 saturated heterocycles. The zero-order chi connectivity index (χ0) is 16.3. The van der Waals surface area contributed by atoms with Gasteiger partial charge in [-0.25, -0.2) is 8.78 Å². The predicted octanol–water partition coefficient (Wildman–Crippen LogP) is 4.79. The highest BCUT2D eigenvalue weighted by molar-refractivity contribution is 7.80. The average molecular weight is 332 g/mol. The molecule has 0 aliphatic carbocycles. The van der Waals surface area contributed by atoms with Crippen molar-refractivity contribution in [1.29, 1.82) is 0 Å². The topological polar surface area (TPSA) is 24.1 Å². The summed E-state index contributed by atoms with van der Waals surface area (Å²) >= 11 is 4.87. The number of hydrogen-bond acceptors (Lipinski definition) is 1. The summed E-state index contributed by atoms with van der Waals surface area (Å²) in [6.07, 6.45) is -4.48. The first-order valence-corrected chi connectivity index (χ1v) is 6.37. The maximum absolute atomic E-state index is 13.4. The number of hydrogen-bond donors (Lipinski definition) is 2. The van der Waals surface area contributed by atoms with Gasteiger partial charge in [0, 0.05) is 11.8 Å². The zero-order valence-corrected chi connectivity index (χ0v) is 11.7. The van der Waals surface area contributed by atoms with Gasteiger partial charge in [-0.15, -0.1) is 0 Å². The highest BCUT2D eigenvalue weighted by Gasteiger charge is 2.30. The van der Waals surface area contributed by atoms with E-state index in [9.17, 15) is 22.0 Å².